The normalized spacial score (nSPS) is 18.3. The van der Waals surface area contributed by atoms with E-state index in [1.54, 1.807) is 54.9 Å². The second-order valence-electron chi connectivity index (χ2n) is 10.8. The maximum Gasteiger partial charge on any atom is 0.269 e. The predicted molar refractivity (Wildman–Crippen MR) is 159 cm³/mol. The van der Waals surface area contributed by atoms with Crippen LogP contribution in [0.4, 0.5) is 10.1 Å². The van der Waals surface area contributed by atoms with Crippen molar-refractivity contribution in [2.45, 2.75) is 36.9 Å². The predicted octanol–water partition coefficient (Wildman–Crippen LogP) is 5.23. The van der Waals surface area contributed by atoms with Gasteiger partial charge in [-0.05, 0) is 49.2 Å². The number of ether oxygens (including phenoxy) is 1. The van der Waals surface area contributed by atoms with Crippen molar-refractivity contribution in [3.63, 3.8) is 0 Å². The topological polar surface area (TPSA) is 86.4 Å². The molecule has 3 aromatic heterocycles. The second kappa shape index (κ2) is 10.1. The van der Waals surface area contributed by atoms with E-state index in [0.29, 0.717) is 23.1 Å². The van der Waals surface area contributed by atoms with Gasteiger partial charge in [-0.25, -0.2) is 21.8 Å². The number of halogens is 2. The van der Waals surface area contributed by atoms with Crippen LogP contribution >= 0.6 is 11.6 Å². The number of morpholine rings is 1. The number of fused-ring (bicyclic) bond motifs is 3. The maximum absolute atomic E-state index is 14.5. The fraction of sp³-hybridized carbons (Fsp3) is 0.226. The standard InChI is InChI=1S/C31H26ClFN4O4S/c1-19-5-7-25(8-6-19)42(39,40)37-17-27(26-13-22(14-34-31(26)37)36-16-24-12-23(36)18-41-24)20-9-10-35(29(38)11-20)15-21-3-2-4-28(32)30(21)33/h2-11,13-14,17,23-24H,12,15-16,18H2,1H3. The quantitative estimate of drug-likeness (QED) is 0.264. The van der Waals surface area contributed by atoms with E-state index < -0.39 is 15.8 Å². The van der Waals surface area contributed by atoms with Gasteiger partial charge in [0, 0.05) is 41.5 Å². The van der Waals surface area contributed by atoms with Crippen molar-refractivity contribution in [1.29, 1.82) is 0 Å². The molecule has 5 aromatic rings. The molecule has 2 fully saturated rings. The van der Waals surface area contributed by atoms with Crippen LogP contribution < -0.4 is 10.5 Å². The SMILES string of the molecule is Cc1ccc(S(=O)(=O)n2cc(-c3ccn(Cc4cccc(Cl)c4F)c(=O)c3)c3cc(N4CC5CC4CO5)cnc32)cc1. The van der Waals surface area contributed by atoms with Crippen LogP contribution in [0, 0.1) is 12.7 Å². The summed E-state index contributed by atoms with van der Waals surface area (Å²) in [4.78, 5) is 20.2. The highest BCUT2D eigenvalue weighted by Gasteiger charge is 2.39. The molecule has 0 N–H and O–H groups in total. The highest BCUT2D eigenvalue weighted by atomic mass is 35.5. The molecule has 214 valence electrons. The van der Waals surface area contributed by atoms with Gasteiger partial charge in [0.25, 0.3) is 15.6 Å². The average Bonchev–Trinajstić information content (AvgIpc) is 3.71. The number of pyridine rings is 2. The molecule has 2 unspecified atom stereocenters. The van der Waals surface area contributed by atoms with E-state index in [0.717, 1.165) is 24.2 Å². The smallest absolute Gasteiger partial charge is 0.269 e. The lowest BCUT2D eigenvalue weighted by atomic mass is 10.1. The molecule has 0 amide bonds. The van der Waals surface area contributed by atoms with Crippen LogP contribution in [-0.4, -0.2) is 47.2 Å². The Hall–Kier alpha value is -3.99. The minimum atomic E-state index is -3.99. The van der Waals surface area contributed by atoms with Gasteiger partial charge in [0.1, 0.15) is 5.82 Å². The van der Waals surface area contributed by atoms with Crippen LogP contribution in [-0.2, 0) is 21.3 Å². The van der Waals surface area contributed by atoms with Crippen LogP contribution in [0.1, 0.15) is 17.5 Å². The number of anilines is 1. The summed E-state index contributed by atoms with van der Waals surface area (Å²) in [6, 6.07) is 16.6. The Labute approximate surface area is 246 Å². The Balaban J connectivity index is 1.35. The number of rotatable bonds is 6. The molecule has 42 heavy (non-hydrogen) atoms. The van der Waals surface area contributed by atoms with E-state index in [4.69, 9.17) is 16.3 Å². The van der Waals surface area contributed by atoms with Crippen molar-refractivity contribution in [1.82, 2.24) is 13.5 Å². The van der Waals surface area contributed by atoms with Crippen LogP contribution in [0.25, 0.3) is 22.2 Å². The van der Waals surface area contributed by atoms with Gasteiger partial charge in [-0.3, -0.25) is 4.79 Å². The van der Waals surface area contributed by atoms with Gasteiger partial charge in [-0.15, -0.1) is 0 Å². The molecule has 0 aliphatic carbocycles. The Morgan fingerprint density at radius 3 is 2.64 bits per heavy atom. The van der Waals surface area contributed by atoms with Gasteiger partial charge < -0.3 is 14.2 Å². The lowest BCUT2D eigenvalue weighted by molar-refractivity contribution is 0.0991. The third kappa shape index (κ3) is 4.50. The molecule has 0 radical (unpaired) electrons. The van der Waals surface area contributed by atoms with Gasteiger partial charge in [0.05, 0.1) is 47.1 Å². The van der Waals surface area contributed by atoms with Gasteiger partial charge in [0.2, 0.25) is 0 Å². The first-order valence-corrected chi connectivity index (χ1v) is 15.4. The first-order valence-electron chi connectivity index (χ1n) is 13.5. The summed E-state index contributed by atoms with van der Waals surface area (Å²) in [6.45, 7) is 3.28. The molecule has 7 rings (SSSR count). The summed E-state index contributed by atoms with van der Waals surface area (Å²) in [5.74, 6) is -0.570. The summed E-state index contributed by atoms with van der Waals surface area (Å²) < 4.78 is 50.5. The highest BCUT2D eigenvalue weighted by Crippen LogP contribution is 2.37. The molecule has 8 nitrogen and oxygen atoms in total. The Bertz CT molecular complexity index is 2020. The monoisotopic (exact) mass is 604 g/mol. The van der Waals surface area contributed by atoms with Crippen molar-refractivity contribution in [3.05, 3.63) is 112 Å². The summed E-state index contributed by atoms with van der Waals surface area (Å²) in [5, 5.41) is 0.589. The minimum absolute atomic E-state index is 0.000356. The van der Waals surface area contributed by atoms with Crippen LogP contribution in [0.5, 0.6) is 0 Å². The lowest BCUT2D eigenvalue weighted by Crippen LogP contribution is -2.36. The van der Waals surface area contributed by atoms with Gasteiger partial charge in [-0.2, -0.15) is 0 Å². The highest BCUT2D eigenvalue weighted by molar-refractivity contribution is 7.90. The molecule has 2 saturated heterocycles. The third-order valence-electron chi connectivity index (χ3n) is 8.09. The first-order chi connectivity index (χ1) is 20.2. The van der Waals surface area contributed by atoms with Crippen LogP contribution in [0.3, 0.4) is 0 Å². The summed E-state index contributed by atoms with van der Waals surface area (Å²) in [6.07, 6.45) is 5.91. The fourth-order valence-corrected chi connectivity index (χ4v) is 7.36. The largest absolute Gasteiger partial charge is 0.374 e. The van der Waals surface area contributed by atoms with Crippen LogP contribution in [0.15, 0.2) is 88.9 Å². The first kappa shape index (κ1) is 26.9. The molecular formula is C31H26ClFN4O4S. The summed E-state index contributed by atoms with van der Waals surface area (Å²) >= 11 is 5.92. The molecule has 0 spiro atoms. The average molecular weight is 605 g/mol. The molecule has 11 heteroatoms. The van der Waals surface area contributed by atoms with E-state index in [-0.39, 0.29) is 45.4 Å². The number of benzene rings is 2. The van der Waals surface area contributed by atoms with Gasteiger partial charge >= 0.3 is 0 Å². The van der Waals surface area contributed by atoms with E-state index in [1.165, 1.54) is 26.9 Å². The summed E-state index contributed by atoms with van der Waals surface area (Å²) in [5.41, 5.74) is 3.07. The minimum Gasteiger partial charge on any atom is -0.374 e. The van der Waals surface area contributed by atoms with Crippen molar-refractivity contribution < 1.29 is 17.5 Å². The molecule has 2 aliphatic heterocycles. The molecule has 2 aromatic carbocycles. The Morgan fingerprint density at radius 2 is 1.93 bits per heavy atom. The van der Waals surface area contributed by atoms with Crippen LogP contribution in [0.2, 0.25) is 5.02 Å². The van der Waals surface area contributed by atoms with E-state index in [9.17, 15) is 17.6 Å². The molecule has 2 atom stereocenters. The molecular weight excluding hydrogens is 579 g/mol. The van der Waals surface area contributed by atoms with Crippen molar-refractivity contribution in [2.75, 3.05) is 18.1 Å². The van der Waals surface area contributed by atoms with E-state index in [2.05, 4.69) is 9.88 Å². The Kier molecular flexibility index (Phi) is 6.45. The molecule has 2 aliphatic rings. The molecule has 5 heterocycles. The molecule has 0 saturated carbocycles. The third-order valence-corrected chi connectivity index (χ3v) is 10.0. The number of hydrogen-bond acceptors (Lipinski definition) is 6. The van der Waals surface area contributed by atoms with E-state index in [1.807, 2.05) is 13.0 Å². The molecule has 2 bridgehead atoms. The number of aromatic nitrogens is 3. The van der Waals surface area contributed by atoms with Crippen molar-refractivity contribution >= 4 is 38.3 Å². The van der Waals surface area contributed by atoms with E-state index >= 15 is 0 Å². The second-order valence-corrected chi connectivity index (χ2v) is 13.0. The lowest BCUT2D eigenvalue weighted by Gasteiger charge is -2.28. The van der Waals surface area contributed by atoms with Crippen molar-refractivity contribution in [2.24, 2.45) is 0 Å². The summed E-state index contributed by atoms with van der Waals surface area (Å²) in [7, 11) is -3.99. The fourth-order valence-electron chi connectivity index (χ4n) is 5.84. The zero-order valence-corrected chi connectivity index (χ0v) is 24.1. The van der Waals surface area contributed by atoms with Gasteiger partial charge in [0.15, 0.2) is 5.65 Å². The number of nitrogens with zero attached hydrogens (tertiary/aromatic N) is 4. The van der Waals surface area contributed by atoms with Gasteiger partial charge in [-0.1, -0.05) is 41.4 Å². The Morgan fingerprint density at radius 1 is 1.12 bits per heavy atom. The number of hydrogen-bond donors (Lipinski definition) is 0. The zero-order valence-electron chi connectivity index (χ0n) is 22.6. The number of aryl methyl sites for hydroxylation is 1. The maximum atomic E-state index is 14.5. The zero-order chi connectivity index (χ0) is 29.2. The van der Waals surface area contributed by atoms with Crippen molar-refractivity contribution in [3.8, 4) is 11.1 Å².